The summed E-state index contributed by atoms with van der Waals surface area (Å²) in [6.45, 7) is 0. The van der Waals surface area contributed by atoms with E-state index in [-0.39, 0.29) is 5.91 Å². The maximum Gasteiger partial charge on any atom is 0.261 e. The van der Waals surface area contributed by atoms with Crippen LogP contribution in [0.2, 0.25) is 5.02 Å². The largest absolute Gasteiger partial charge is 0.295 e. The summed E-state index contributed by atoms with van der Waals surface area (Å²) in [6, 6.07) is 14.9. The Morgan fingerprint density at radius 3 is 2.65 bits per heavy atom. The standard InChI is InChI=1S/C19H16ClN5O/c20-13-6-5-7-14(12-13)24-17(26)15-8-1-2-9-16(15)25-18(21-22-23-25)19(24)10-3-4-11-19/h1-2,5-9,12H,3-4,10-11H2. The number of hydrogen-bond acceptors (Lipinski definition) is 4. The first kappa shape index (κ1) is 15.5. The van der Waals surface area contributed by atoms with Crippen LogP contribution < -0.4 is 4.90 Å². The molecule has 0 bridgehead atoms. The van der Waals surface area contributed by atoms with E-state index in [1.54, 1.807) is 4.68 Å². The van der Waals surface area contributed by atoms with E-state index in [0.29, 0.717) is 22.1 Å². The van der Waals surface area contributed by atoms with Gasteiger partial charge in [-0.25, -0.2) is 0 Å². The number of carbonyl (C=O) groups excluding carboxylic acids is 1. The van der Waals surface area contributed by atoms with Gasteiger partial charge in [-0.05, 0) is 53.6 Å². The molecule has 7 heteroatoms. The van der Waals surface area contributed by atoms with Crippen molar-refractivity contribution in [3.8, 4) is 5.69 Å². The van der Waals surface area contributed by atoms with Crippen LogP contribution in [0.5, 0.6) is 0 Å². The van der Waals surface area contributed by atoms with Crippen molar-refractivity contribution in [3.63, 3.8) is 0 Å². The molecule has 3 aromatic rings. The Balaban J connectivity index is 1.84. The zero-order valence-electron chi connectivity index (χ0n) is 14.0. The molecule has 6 nitrogen and oxygen atoms in total. The Morgan fingerprint density at radius 2 is 1.85 bits per heavy atom. The van der Waals surface area contributed by atoms with Gasteiger partial charge < -0.3 is 0 Å². The number of hydrogen-bond donors (Lipinski definition) is 0. The molecule has 26 heavy (non-hydrogen) atoms. The minimum atomic E-state index is -0.565. The van der Waals surface area contributed by atoms with E-state index in [9.17, 15) is 4.79 Å². The second-order valence-corrected chi connectivity index (χ2v) is 7.23. The number of fused-ring (bicyclic) bond motifs is 4. The van der Waals surface area contributed by atoms with Crippen LogP contribution in [0.25, 0.3) is 5.69 Å². The van der Waals surface area contributed by atoms with Crippen molar-refractivity contribution >= 4 is 23.2 Å². The predicted molar refractivity (Wildman–Crippen MR) is 97.6 cm³/mol. The van der Waals surface area contributed by atoms with Crippen LogP contribution in [0.1, 0.15) is 41.9 Å². The predicted octanol–water partition coefficient (Wildman–Crippen LogP) is 3.75. The summed E-state index contributed by atoms with van der Waals surface area (Å²) in [7, 11) is 0. The summed E-state index contributed by atoms with van der Waals surface area (Å²) in [5.74, 6) is 0.658. The third-order valence-electron chi connectivity index (χ3n) is 5.38. The van der Waals surface area contributed by atoms with E-state index in [2.05, 4.69) is 15.5 Å². The summed E-state index contributed by atoms with van der Waals surface area (Å²) in [5.41, 5.74) is 1.51. The Morgan fingerprint density at radius 1 is 1.04 bits per heavy atom. The number of rotatable bonds is 1. The van der Waals surface area contributed by atoms with Crippen LogP contribution in [0.4, 0.5) is 5.69 Å². The number of para-hydroxylation sites is 1. The van der Waals surface area contributed by atoms with Crippen LogP contribution in [0, 0.1) is 0 Å². The SMILES string of the molecule is O=C1c2ccccc2-n2nnnc2C2(CCCC2)N1c1cccc(Cl)c1. The lowest BCUT2D eigenvalue weighted by atomic mass is 9.92. The Bertz CT molecular complexity index is 1010. The van der Waals surface area contributed by atoms with Gasteiger partial charge in [0.15, 0.2) is 5.82 Å². The molecule has 1 aliphatic carbocycles. The van der Waals surface area contributed by atoms with Crippen molar-refractivity contribution in [3.05, 3.63) is 64.9 Å². The fourth-order valence-corrected chi connectivity index (χ4v) is 4.46. The maximum absolute atomic E-state index is 13.7. The first-order valence-electron chi connectivity index (χ1n) is 8.69. The lowest BCUT2D eigenvalue weighted by molar-refractivity contribution is 0.0954. The van der Waals surface area contributed by atoms with Crippen molar-refractivity contribution in [2.24, 2.45) is 0 Å². The van der Waals surface area contributed by atoms with Crippen LogP contribution >= 0.6 is 11.6 Å². The van der Waals surface area contributed by atoms with Gasteiger partial charge in [0.2, 0.25) is 0 Å². The molecule has 0 unspecified atom stereocenters. The zero-order valence-corrected chi connectivity index (χ0v) is 14.7. The highest BCUT2D eigenvalue weighted by Gasteiger charge is 2.51. The van der Waals surface area contributed by atoms with Crippen LogP contribution in [-0.4, -0.2) is 26.1 Å². The van der Waals surface area contributed by atoms with Crippen molar-refractivity contribution in [2.75, 3.05) is 4.90 Å². The van der Waals surface area contributed by atoms with Gasteiger partial charge >= 0.3 is 0 Å². The zero-order chi connectivity index (χ0) is 17.7. The molecule has 1 aliphatic heterocycles. The molecular weight excluding hydrogens is 350 g/mol. The van der Waals surface area contributed by atoms with E-state index in [1.165, 1.54) is 0 Å². The van der Waals surface area contributed by atoms with Crippen molar-refractivity contribution in [2.45, 2.75) is 31.2 Å². The number of aromatic nitrogens is 4. The highest BCUT2D eigenvalue weighted by Crippen LogP contribution is 2.48. The van der Waals surface area contributed by atoms with Gasteiger partial charge in [-0.2, -0.15) is 4.68 Å². The average molecular weight is 366 g/mol. The van der Waals surface area contributed by atoms with Gasteiger partial charge in [0.1, 0.15) is 5.54 Å². The number of amides is 1. The van der Waals surface area contributed by atoms with E-state index in [0.717, 1.165) is 31.4 Å². The molecule has 0 N–H and O–H groups in total. The molecule has 1 saturated carbocycles. The van der Waals surface area contributed by atoms with E-state index < -0.39 is 5.54 Å². The monoisotopic (exact) mass is 365 g/mol. The lowest BCUT2D eigenvalue weighted by Crippen LogP contribution is -2.48. The molecule has 1 fully saturated rings. The molecule has 0 radical (unpaired) electrons. The van der Waals surface area contributed by atoms with Gasteiger partial charge in [-0.3, -0.25) is 9.69 Å². The number of anilines is 1. The normalized spacial score (nSPS) is 17.9. The average Bonchev–Trinajstić information content (AvgIpc) is 3.30. The van der Waals surface area contributed by atoms with E-state index >= 15 is 0 Å². The lowest BCUT2D eigenvalue weighted by Gasteiger charge is -2.38. The second kappa shape index (κ2) is 5.64. The molecule has 5 rings (SSSR count). The molecule has 2 aliphatic rings. The number of tetrazole rings is 1. The number of nitrogens with zero attached hydrogens (tertiary/aromatic N) is 5. The highest BCUT2D eigenvalue weighted by molar-refractivity contribution is 6.31. The van der Waals surface area contributed by atoms with Gasteiger partial charge in [0.25, 0.3) is 5.91 Å². The van der Waals surface area contributed by atoms with Crippen LogP contribution in [-0.2, 0) is 5.54 Å². The van der Waals surface area contributed by atoms with E-state index in [1.807, 2.05) is 53.4 Å². The molecule has 2 aromatic carbocycles. The molecule has 1 spiro atoms. The van der Waals surface area contributed by atoms with Gasteiger partial charge in [-0.1, -0.05) is 42.6 Å². The van der Waals surface area contributed by atoms with Crippen LogP contribution in [0.15, 0.2) is 48.5 Å². The van der Waals surface area contributed by atoms with Gasteiger partial charge in [0.05, 0.1) is 11.3 Å². The molecule has 130 valence electrons. The summed E-state index contributed by atoms with van der Waals surface area (Å²) >= 11 is 6.24. The third-order valence-corrected chi connectivity index (χ3v) is 5.61. The van der Waals surface area contributed by atoms with Crippen LogP contribution in [0.3, 0.4) is 0 Å². The molecular formula is C19H16ClN5O. The van der Waals surface area contributed by atoms with E-state index in [4.69, 9.17) is 11.6 Å². The molecule has 0 atom stereocenters. The Labute approximate surface area is 155 Å². The fourth-order valence-electron chi connectivity index (χ4n) is 4.28. The number of benzene rings is 2. The molecule has 2 heterocycles. The molecule has 1 aromatic heterocycles. The summed E-state index contributed by atoms with van der Waals surface area (Å²) in [4.78, 5) is 15.5. The molecule has 0 saturated heterocycles. The second-order valence-electron chi connectivity index (χ2n) is 6.79. The van der Waals surface area contributed by atoms with Crippen molar-refractivity contribution < 1.29 is 4.79 Å². The first-order valence-corrected chi connectivity index (χ1v) is 9.07. The fraction of sp³-hybridized carbons (Fsp3) is 0.263. The van der Waals surface area contributed by atoms with Gasteiger partial charge in [-0.15, -0.1) is 5.10 Å². The Hall–Kier alpha value is -2.73. The third kappa shape index (κ3) is 2.05. The topological polar surface area (TPSA) is 63.9 Å². The number of halogens is 1. The Kier molecular flexibility index (Phi) is 3.37. The van der Waals surface area contributed by atoms with Crippen molar-refractivity contribution in [1.29, 1.82) is 0 Å². The quantitative estimate of drug-likeness (QED) is 0.659. The van der Waals surface area contributed by atoms with Crippen molar-refractivity contribution in [1.82, 2.24) is 20.2 Å². The number of carbonyl (C=O) groups is 1. The summed E-state index contributed by atoms with van der Waals surface area (Å²) in [5, 5.41) is 13.1. The summed E-state index contributed by atoms with van der Waals surface area (Å²) in [6.07, 6.45) is 3.68. The summed E-state index contributed by atoms with van der Waals surface area (Å²) < 4.78 is 1.73. The maximum atomic E-state index is 13.7. The minimum absolute atomic E-state index is 0.0583. The highest BCUT2D eigenvalue weighted by atomic mass is 35.5. The molecule has 1 amide bonds. The smallest absolute Gasteiger partial charge is 0.261 e. The first-order chi connectivity index (χ1) is 12.7. The minimum Gasteiger partial charge on any atom is -0.295 e. The van der Waals surface area contributed by atoms with Gasteiger partial charge in [0, 0.05) is 10.7 Å².